The Kier molecular flexibility index (Phi) is 17.8. The molecule has 0 saturated heterocycles. The van der Waals surface area contributed by atoms with Crippen LogP contribution in [0.2, 0.25) is 0 Å². The van der Waals surface area contributed by atoms with Gasteiger partial charge in [0.05, 0.1) is 0 Å². The molecule has 6 nitrogen and oxygen atoms in total. The molecular formula is C2H6N2O4Rh. The fourth-order valence-electron chi connectivity index (χ4n) is 0. The summed E-state index contributed by atoms with van der Waals surface area (Å²) in [6.07, 6.45) is -2.67. The summed E-state index contributed by atoms with van der Waals surface area (Å²) >= 11 is 0. The molecule has 0 heterocycles. The van der Waals surface area contributed by atoms with E-state index in [2.05, 4.69) is 11.5 Å². The second kappa shape index (κ2) is 10.2. The Labute approximate surface area is 63.6 Å². The van der Waals surface area contributed by atoms with Crippen LogP contribution < -0.4 is 11.5 Å². The molecule has 2 amide bonds. The van der Waals surface area contributed by atoms with Crippen molar-refractivity contribution in [2.45, 2.75) is 0 Å². The molecular weight excluding hydrogens is 219 g/mol. The van der Waals surface area contributed by atoms with Crippen molar-refractivity contribution < 1.29 is 39.3 Å². The van der Waals surface area contributed by atoms with E-state index in [0.717, 1.165) is 0 Å². The maximum atomic E-state index is 8.78. The average molecular weight is 225 g/mol. The molecule has 0 aromatic carbocycles. The van der Waals surface area contributed by atoms with Gasteiger partial charge >= 0.3 is 12.2 Å². The molecule has 0 bridgehead atoms. The predicted octanol–water partition coefficient (Wildman–Crippen LogP) is -0.756. The topological polar surface area (TPSA) is 127 Å². The monoisotopic (exact) mass is 225 g/mol. The van der Waals surface area contributed by atoms with E-state index < -0.39 is 12.2 Å². The average Bonchev–Trinajstić information content (AvgIpc) is 1.25. The minimum Gasteiger partial charge on any atom is -0.465 e. The molecule has 0 rings (SSSR count). The fraction of sp³-hybridized carbons (Fsp3) is 0. The Balaban J connectivity index is -0.0000000720. The molecule has 0 aliphatic heterocycles. The summed E-state index contributed by atoms with van der Waals surface area (Å²) in [7, 11) is 0. The Morgan fingerprint density at radius 1 is 1.00 bits per heavy atom. The predicted molar refractivity (Wildman–Crippen MR) is 24.4 cm³/mol. The van der Waals surface area contributed by atoms with Gasteiger partial charge in [0.2, 0.25) is 0 Å². The van der Waals surface area contributed by atoms with Gasteiger partial charge in [-0.3, -0.25) is 0 Å². The number of rotatable bonds is 0. The zero-order valence-electron chi connectivity index (χ0n) is 4.20. The van der Waals surface area contributed by atoms with Crippen LogP contribution in [0.1, 0.15) is 0 Å². The first-order chi connectivity index (χ1) is 3.46. The van der Waals surface area contributed by atoms with Crippen LogP contribution >= 0.6 is 0 Å². The second-order valence-electron chi connectivity index (χ2n) is 0.676. The van der Waals surface area contributed by atoms with Crippen molar-refractivity contribution in [3.05, 3.63) is 0 Å². The number of carbonyl (C=O) groups is 2. The summed E-state index contributed by atoms with van der Waals surface area (Å²) in [5.41, 5.74) is 8.06. The number of primary amides is 2. The van der Waals surface area contributed by atoms with Crippen molar-refractivity contribution in [1.29, 1.82) is 0 Å². The van der Waals surface area contributed by atoms with Crippen LogP contribution in [0.3, 0.4) is 0 Å². The molecule has 0 aromatic heterocycles. The summed E-state index contributed by atoms with van der Waals surface area (Å²) in [6, 6.07) is 0. The molecule has 9 heavy (non-hydrogen) atoms. The van der Waals surface area contributed by atoms with Crippen LogP contribution in [0.25, 0.3) is 0 Å². The van der Waals surface area contributed by atoms with E-state index in [9.17, 15) is 0 Å². The van der Waals surface area contributed by atoms with Crippen molar-refractivity contribution in [3.8, 4) is 0 Å². The molecule has 0 aliphatic rings. The zero-order chi connectivity index (χ0) is 7.15. The maximum absolute atomic E-state index is 8.78. The van der Waals surface area contributed by atoms with Crippen molar-refractivity contribution >= 4 is 12.2 Å². The van der Waals surface area contributed by atoms with E-state index in [1.54, 1.807) is 0 Å². The largest absolute Gasteiger partial charge is 0.465 e. The Bertz CT molecular complexity index is 74.6. The van der Waals surface area contributed by atoms with Crippen molar-refractivity contribution in [2.75, 3.05) is 0 Å². The van der Waals surface area contributed by atoms with Crippen LogP contribution in [0.15, 0.2) is 0 Å². The van der Waals surface area contributed by atoms with Crippen molar-refractivity contribution in [1.82, 2.24) is 0 Å². The van der Waals surface area contributed by atoms with Crippen LogP contribution in [0, 0.1) is 0 Å². The molecule has 0 atom stereocenters. The molecule has 0 spiro atoms. The van der Waals surface area contributed by atoms with Gasteiger partial charge in [0.1, 0.15) is 0 Å². The third-order valence-corrected chi connectivity index (χ3v) is 0. The first-order valence-electron chi connectivity index (χ1n) is 1.43. The van der Waals surface area contributed by atoms with E-state index in [-0.39, 0.29) is 19.5 Å². The number of hydrogen-bond acceptors (Lipinski definition) is 2. The Morgan fingerprint density at radius 3 is 1.00 bits per heavy atom. The first kappa shape index (κ1) is 15.7. The van der Waals surface area contributed by atoms with Gasteiger partial charge < -0.3 is 21.7 Å². The quantitative estimate of drug-likeness (QED) is 0.404. The molecule has 1 radical (unpaired) electrons. The molecule has 0 saturated carbocycles. The van der Waals surface area contributed by atoms with Gasteiger partial charge in [0.25, 0.3) is 0 Å². The number of nitrogens with two attached hydrogens (primary N) is 2. The van der Waals surface area contributed by atoms with Gasteiger partial charge in [-0.05, 0) is 0 Å². The van der Waals surface area contributed by atoms with Gasteiger partial charge in [-0.25, -0.2) is 9.59 Å². The summed E-state index contributed by atoms with van der Waals surface area (Å²) < 4.78 is 0. The van der Waals surface area contributed by atoms with E-state index >= 15 is 0 Å². The minimum atomic E-state index is -1.33. The first-order valence-corrected chi connectivity index (χ1v) is 1.43. The minimum absolute atomic E-state index is 0. The smallest absolute Gasteiger partial charge is 0.402 e. The SMILES string of the molecule is NC(=O)O.NC(=O)O.[Rh]. The molecule has 57 valence electrons. The molecule has 0 aromatic rings. The maximum Gasteiger partial charge on any atom is 0.402 e. The molecule has 6 N–H and O–H groups in total. The summed E-state index contributed by atoms with van der Waals surface area (Å²) in [4.78, 5) is 17.6. The van der Waals surface area contributed by atoms with E-state index in [1.165, 1.54) is 0 Å². The molecule has 0 fully saturated rings. The van der Waals surface area contributed by atoms with E-state index in [1.807, 2.05) is 0 Å². The van der Waals surface area contributed by atoms with Crippen LogP contribution in [-0.4, -0.2) is 22.4 Å². The van der Waals surface area contributed by atoms with E-state index in [0.29, 0.717) is 0 Å². The van der Waals surface area contributed by atoms with Gasteiger partial charge in [0.15, 0.2) is 0 Å². The number of amides is 2. The molecule has 0 unspecified atom stereocenters. The van der Waals surface area contributed by atoms with Crippen LogP contribution in [0.4, 0.5) is 9.59 Å². The summed E-state index contributed by atoms with van der Waals surface area (Å²) in [6.45, 7) is 0. The van der Waals surface area contributed by atoms with E-state index in [4.69, 9.17) is 19.8 Å². The normalized spacial score (nSPS) is 5.33. The fourth-order valence-corrected chi connectivity index (χ4v) is 0. The third kappa shape index (κ3) is 273. The van der Waals surface area contributed by atoms with Gasteiger partial charge in [-0.2, -0.15) is 0 Å². The summed E-state index contributed by atoms with van der Waals surface area (Å²) in [5, 5.41) is 14.4. The summed E-state index contributed by atoms with van der Waals surface area (Å²) in [5.74, 6) is 0. The van der Waals surface area contributed by atoms with Crippen LogP contribution in [-0.2, 0) is 19.5 Å². The van der Waals surface area contributed by atoms with Gasteiger partial charge in [-0.1, -0.05) is 0 Å². The Morgan fingerprint density at radius 2 is 1.00 bits per heavy atom. The van der Waals surface area contributed by atoms with Gasteiger partial charge in [-0.15, -0.1) is 0 Å². The van der Waals surface area contributed by atoms with Crippen LogP contribution in [0.5, 0.6) is 0 Å². The zero-order valence-corrected chi connectivity index (χ0v) is 5.84. The Hall–Kier alpha value is -0.837. The molecule has 0 aliphatic carbocycles. The van der Waals surface area contributed by atoms with Crippen molar-refractivity contribution in [3.63, 3.8) is 0 Å². The standard InChI is InChI=1S/2CH3NO2.Rh/c2*2-1(3)4;/h2*2H2,(H,3,4);. The number of hydrogen-bond donors (Lipinski definition) is 4. The number of carboxylic acid groups (broad SMARTS) is 2. The van der Waals surface area contributed by atoms with Crippen molar-refractivity contribution in [2.24, 2.45) is 11.5 Å². The second-order valence-corrected chi connectivity index (χ2v) is 0.676. The molecule has 7 heteroatoms. The van der Waals surface area contributed by atoms with Gasteiger partial charge in [0, 0.05) is 19.5 Å². The third-order valence-electron chi connectivity index (χ3n) is 0.